The maximum Gasteiger partial charge on any atom is 0.249 e. The van der Waals surface area contributed by atoms with Gasteiger partial charge in [-0.15, -0.1) is 0 Å². The summed E-state index contributed by atoms with van der Waals surface area (Å²) in [6, 6.07) is 18.7. The van der Waals surface area contributed by atoms with Crippen LogP contribution in [-0.2, 0) is 15.0 Å². The van der Waals surface area contributed by atoms with Gasteiger partial charge in [-0.1, -0.05) is 76.4 Å². The molecule has 1 aliphatic heterocycles. The lowest BCUT2D eigenvalue weighted by Crippen LogP contribution is -2.44. The second-order valence-corrected chi connectivity index (χ2v) is 11.9. The molecule has 6 heteroatoms. The molecule has 1 saturated heterocycles. The van der Waals surface area contributed by atoms with Gasteiger partial charge < -0.3 is 20.3 Å². The van der Waals surface area contributed by atoms with Gasteiger partial charge in [0.2, 0.25) is 5.91 Å². The molecule has 5 rings (SSSR count). The Hall–Kier alpha value is -3.25. The molecule has 2 aromatic carbocycles. The molecule has 2 heterocycles. The van der Waals surface area contributed by atoms with Crippen LogP contribution in [0.25, 0.3) is 10.8 Å². The fourth-order valence-electron chi connectivity index (χ4n) is 5.46. The normalized spacial score (nSPS) is 18.6. The number of hydrogen-bond acceptors (Lipinski definition) is 5. The second-order valence-electron chi connectivity index (χ2n) is 11.9. The van der Waals surface area contributed by atoms with Crippen LogP contribution in [0.5, 0.6) is 0 Å². The number of hydrogen-bond donors (Lipinski definition) is 2. The van der Waals surface area contributed by atoms with Crippen molar-refractivity contribution in [2.75, 3.05) is 18.5 Å². The minimum atomic E-state index is -0.484. The largest absolute Gasteiger partial charge is 0.358 e. The Morgan fingerprint density at radius 2 is 1.69 bits per heavy atom. The van der Waals surface area contributed by atoms with E-state index in [4.69, 9.17) is 4.98 Å². The average Bonchev–Trinajstić information content (AvgIpc) is 3.48. The Kier molecular flexibility index (Phi) is 9.73. The number of aromatic nitrogens is 1. The predicted molar refractivity (Wildman–Crippen MR) is 160 cm³/mol. The Labute approximate surface area is 233 Å². The van der Waals surface area contributed by atoms with E-state index in [1.165, 1.54) is 24.8 Å². The van der Waals surface area contributed by atoms with Crippen molar-refractivity contribution in [1.29, 1.82) is 0 Å². The van der Waals surface area contributed by atoms with Crippen LogP contribution in [0.1, 0.15) is 83.0 Å². The number of rotatable bonds is 6. The number of pyridine rings is 1. The highest BCUT2D eigenvalue weighted by Crippen LogP contribution is 2.30. The van der Waals surface area contributed by atoms with E-state index in [9.17, 15) is 9.59 Å². The van der Waals surface area contributed by atoms with Crippen molar-refractivity contribution in [2.45, 2.75) is 89.3 Å². The topological polar surface area (TPSA) is 74.3 Å². The Balaban J connectivity index is 0.000000438. The third-order valence-electron chi connectivity index (χ3n) is 7.92. The number of carbonyl (C=O) groups excluding carboxylic acids is 2. The van der Waals surface area contributed by atoms with Crippen molar-refractivity contribution in [3.05, 3.63) is 72.1 Å². The molecule has 2 fully saturated rings. The molecule has 2 aliphatic rings. The number of nitrogens with one attached hydrogen (secondary N) is 2. The van der Waals surface area contributed by atoms with Gasteiger partial charge >= 0.3 is 0 Å². The molecule has 1 aliphatic carbocycles. The van der Waals surface area contributed by atoms with Crippen LogP contribution >= 0.6 is 0 Å². The highest BCUT2D eigenvalue weighted by molar-refractivity contribution is 5.88. The lowest BCUT2D eigenvalue weighted by molar-refractivity contribution is -0.123. The zero-order chi connectivity index (χ0) is 27.8. The van der Waals surface area contributed by atoms with Crippen LogP contribution in [0.15, 0.2) is 60.8 Å². The van der Waals surface area contributed by atoms with Gasteiger partial charge in [0.15, 0.2) is 6.04 Å². The third kappa shape index (κ3) is 7.66. The summed E-state index contributed by atoms with van der Waals surface area (Å²) in [6.45, 7) is 7.66. The molecule has 3 aromatic rings. The smallest absolute Gasteiger partial charge is 0.249 e. The highest BCUT2D eigenvalue weighted by Gasteiger charge is 2.29. The third-order valence-corrected chi connectivity index (χ3v) is 7.92. The molecule has 2 N–H and O–H groups in total. The summed E-state index contributed by atoms with van der Waals surface area (Å²) in [5.74, 6) is 0.0297. The summed E-state index contributed by atoms with van der Waals surface area (Å²) in [5.41, 5.74) is 3.16. The molecule has 2 atom stereocenters. The fraction of sp³-hybridized carbons (Fsp3) is 0.485. The van der Waals surface area contributed by atoms with E-state index < -0.39 is 6.04 Å². The monoisotopic (exact) mass is 528 g/mol. The lowest BCUT2D eigenvalue weighted by Gasteiger charge is -2.32. The molecule has 1 aromatic heterocycles. The molecule has 6 nitrogen and oxygen atoms in total. The predicted octanol–water partition coefficient (Wildman–Crippen LogP) is 6.10. The van der Waals surface area contributed by atoms with Crippen LogP contribution in [0.2, 0.25) is 0 Å². The minimum Gasteiger partial charge on any atom is -0.358 e. The Bertz CT molecular complexity index is 1220. The van der Waals surface area contributed by atoms with Crippen LogP contribution < -0.4 is 15.5 Å². The molecular formula is C33H44N4O2. The van der Waals surface area contributed by atoms with Crippen molar-refractivity contribution < 1.29 is 9.59 Å². The average molecular weight is 529 g/mol. The number of anilines is 1. The van der Waals surface area contributed by atoms with Crippen molar-refractivity contribution in [2.24, 2.45) is 0 Å². The lowest BCUT2D eigenvalue weighted by atomic mass is 9.87. The number of nitrogens with zero attached hydrogens (tertiary/aromatic N) is 2. The fourth-order valence-corrected chi connectivity index (χ4v) is 5.46. The summed E-state index contributed by atoms with van der Waals surface area (Å²) in [6.07, 6.45) is 10.8. The standard InChI is InChI=1S/C28H35N3O.C5H9NO/c1-28(2,3)22-14-16-24(17-15-22)31(4)26(27(32)30-23-12-6-5-7-13-23)25-18-20-10-8-9-11-21(20)19-29-25;7-4-5-2-1-3-6-5/h8-11,14-19,23,26H,5-7,12-13H2,1-4H3,(H,30,32);4-6H,1-3H2. The van der Waals surface area contributed by atoms with Crippen LogP contribution in [0.4, 0.5) is 5.69 Å². The van der Waals surface area contributed by atoms with E-state index in [1.54, 1.807) is 0 Å². The van der Waals surface area contributed by atoms with E-state index in [0.29, 0.717) is 0 Å². The summed E-state index contributed by atoms with van der Waals surface area (Å²) < 4.78 is 0. The zero-order valence-corrected chi connectivity index (χ0v) is 24.0. The first kappa shape index (κ1) is 28.8. The number of amides is 1. The number of fused-ring (bicyclic) bond motifs is 1. The second kappa shape index (κ2) is 13.2. The first-order valence-corrected chi connectivity index (χ1v) is 14.4. The van der Waals surface area contributed by atoms with Crippen LogP contribution in [0.3, 0.4) is 0 Å². The molecule has 0 radical (unpaired) electrons. The van der Waals surface area contributed by atoms with Crippen LogP contribution in [-0.4, -0.2) is 42.9 Å². The maximum absolute atomic E-state index is 13.6. The van der Waals surface area contributed by atoms with Gasteiger partial charge in [0.1, 0.15) is 6.29 Å². The van der Waals surface area contributed by atoms with Gasteiger partial charge in [-0.25, -0.2) is 0 Å². The molecular weight excluding hydrogens is 484 g/mol. The molecule has 0 bridgehead atoms. The number of carbonyl (C=O) groups is 2. The van der Waals surface area contributed by atoms with E-state index in [1.807, 2.05) is 25.4 Å². The molecule has 1 saturated carbocycles. The highest BCUT2D eigenvalue weighted by atomic mass is 16.2. The van der Waals surface area contributed by atoms with Gasteiger partial charge in [-0.3, -0.25) is 9.78 Å². The minimum absolute atomic E-state index is 0.0297. The summed E-state index contributed by atoms with van der Waals surface area (Å²) in [4.78, 5) is 30.3. The molecule has 208 valence electrons. The summed E-state index contributed by atoms with van der Waals surface area (Å²) >= 11 is 0. The SMILES string of the molecule is CN(c1ccc(C(C)(C)C)cc1)C(C(=O)NC1CCCCC1)c1cc2ccccc2cn1.O=CC1CCCN1. The first-order valence-electron chi connectivity index (χ1n) is 14.4. The molecule has 2 unspecified atom stereocenters. The Morgan fingerprint density at radius 1 is 1.00 bits per heavy atom. The quantitative estimate of drug-likeness (QED) is 0.379. The van der Waals surface area contributed by atoms with Gasteiger partial charge in [0.25, 0.3) is 0 Å². The van der Waals surface area contributed by atoms with Gasteiger partial charge in [0, 0.05) is 30.4 Å². The van der Waals surface area contributed by atoms with Crippen molar-refractivity contribution >= 4 is 28.7 Å². The van der Waals surface area contributed by atoms with Crippen molar-refractivity contribution in [3.8, 4) is 0 Å². The molecule has 0 spiro atoms. The first-order chi connectivity index (χ1) is 18.8. The number of likely N-dealkylation sites (N-methyl/N-ethyl adjacent to an activating group) is 1. The number of aldehydes is 1. The van der Waals surface area contributed by atoms with Crippen LogP contribution in [0, 0.1) is 0 Å². The summed E-state index contributed by atoms with van der Waals surface area (Å²) in [5, 5.41) is 8.55. The molecule has 39 heavy (non-hydrogen) atoms. The van der Waals surface area contributed by atoms with Crippen molar-refractivity contribution in [3.63, 3.8) is 0 Å². The van der Waals surface area contributed by atoms with Gasteiger partial charge in [-0.05, 0) is 66.8 Å². The number of benzene rings is 2. The van der Waals surface area contributed by atoms with E-state index in [-0.39, 0.29) is 23.4 Å². The molecule has 1 amide bonds. The van der Waals surface area contributed by atoms with E-state index in [2.05, 4.69) is 78.8 Å². The van der Waals surface area contributed by atoms with Gasteiger partial charge in [0.05, 0.1) is 11.7 Å². The summed E-state index contributed by atoms with van der Waals surface area (Å²) in [7, 11) is 1.99. The van der Waals surface area contributed by atoms with E-state index >= 15 is 0 Å². The maximum atomic E-state index is 13.6. The zero-order valence-electron chi connectivity index (χ0n) is 24.0. The van der Waals surface area contributed by atoms with Gasteiger partial charge in [-0.2, -0.15) is 0 Å². The van der Waals surface area contributed by atoms with E-state index in [0.717, 1.165) is 60.7 Å². The Morgan fingerprint density at radius 3 is 2.28 bits per heavy atom. The van der Waals surface area contributed by atoms with Crippen molar-refractivity contribution in [1.82, 2.24) is 15.6 Å².